The highest BCUT2D eigenvalue weighted by Gasteiger charge is 2.25. The molecular formula is C15H15BrN6S. The second-order valence-corrected chi connectivity index (χ2v) is 7.31. The number of benzene rings is 1. The summed E-state index contributed by atoms with van der Waals surface area (Å²) in [7, 11) is 0. The first kappa shape index (κ1) is 14.8. The van der Waals surface area contributed by atoms with Crippen LogP contribution in [0.4, 0.5) is 5.13 Å². The summed E-state index contributed by atoms with van der Waals surface area (Å²) in [5.41, 5.74) is 2.19. The van der Waals surface area contributed by atoms with Crippen LogP contribution in [0.15, 0.2) is 34.1 Å². The number of aromatic nitrogens is 5. The highest BCUT2D eigenvalue weighted by Crippen LogP contribution is 2.32. The molecule has 0 amide bonds. The summed E-state index contributed by atoms with van der Waals surface area (Å²) in [4.78, 5) is 7.15. The van der Waals surface area contributed by atoms with Crippen LogP contribution in [0.5, 0.6) is 0 Å². The molecule has 0 atom stereocenters. The fraction of sp³-hybridized carbons (Fsp3) is 0.333. The van der Waals surface area contributed by atoms with Crippen LogP contribution in [-0.2, 0) is 0 Å². The summed E-state index contributed by atoms with van der Waals surface area (Å²) in [5.74, 6) is 1.23. The lowest BCUT2D eigenvalue weighted by Crippen LogP contribution is -2.33. The van der Waals surface area contributed by atoms with Crippen molar-refractivity contribution in [3.05, 3.63) is 39.9 Å². The van der Waals surface area contributed by atoms with E-state index in [1.54, 1.807) is 11.3 Å². The van der Waals surface area contributed by atoms with E-state index in [-0.39, 0.29) is 0 Å². The van der Waals surface area contributed by atoms with E-state index in [0.29, 0.717) is 5.92 Å². The lowest BCUT2D eigenvalue weighted by atomic mass is 9.96. The van der Waals surface area contributed by atoms with Gasteiger partial charge in [0, 0.05) is 34.4 Å². The summed E-state index contributed by atoms with van der Waals surface area (Å²) in [5, 5.41) is 17.6. The number of anilines is 1. The minimum Gasteiger partial charge on any atom is -0.348 e. The molecule has 0 bridgehead atoms. The maximum atomic E-state index is 4.80. The van der Waals surface area contributed by atoms with Gasteiger partial charge >= 0.3 is 0 Å². The van der Waals surface area contributed by atoms with Crippen molar-refractivity contribution in [3.8, 4) is 11.3 Å². The fourth-order valence-corrected chi connectivity index (χ4v) is 3.99. The molecule has 1 aliphatic rings. The SMILES string of the molecule is Brc1ccc(-c2csc(N3CCC(c4nn[nH]n4)CC3)n2)cc1. The van der Waals surface area contributed by atoms with E-state index < -0.39 is 0 Å². The number of hydrogen-bond donors (Lipinski definition) is 1. The van der Waals surface area contributed by atoms with Gasteiger partial charge in [-0.05, 0) is 25.0 Å². The molecule has 118 valence electrons. The monoisotopic (exact) mass is 390 g/mol. The number of tetrazole rings is 1. The molecule has 1 saturated heterocycles. The zero-order valence-electron chi connectivity index (χ0n) is 12.3. The number of nitrogens with zero attached hydrogens (tertiary/aromatic N) is 5. The predicted molar refractivity (Wildman–Crippen MR) is 93.6 cm³/mol. The largest absolute Gasteiger partial charge is 0.348 e. The van der Waals surface area contributed by atoms with Gasteiger partial charge < -0.3 is 4.90 Å². The third kappa shape index (κ3) is 3.13. The van der Waals surface area contributed by atoms with Gasteiger partial charge in [0.25, 0.3) is 0 Å². The molecule has 1 aromatic carbocycles. The lowest BCUT2D eigenvalue weighted by Gasteiger charge is -2.30. The second-order valence-electron chi connectivity index (χ2n) is 5.55. The molecule has 2 aromatic heterocycles. The minimum atomic E-state index is 0.399. The van der Waals surface area contributed by atoms with E-state index in [1.807, 2.05) is 12.1 Å². The molecule has 0 saturated carbocycles. The van der Waals surface area contributed by atoms with Crippen LogP contribution >= 0.6 is 27.3 Å². The smallest absolute Gasteiger partial charge is 0.185 e. The van der Waals surface area contributed by atoms with Gasteiger partial charge in [-0.2, -0.15) is 5.21 Å². The number of rotatable bonds is 3. The van der Waals surface area contributed by atoms with Gasteiger partial charge in [-0.25, -0.2) is 4.98 Å². The van der Waals surface area contributed by atoms with Crippen molar-refractivity contribution in [1.29, 1.82) is 0 Å². The molecule has 3 aromatic rings. The number of halogens is 1. The molecule has 0 radical (unpaired) electrons. The molecule has 23 heavy (non-hydrogen) atoms. The fourth-order valence-electron chi connectivity index (χ4n) is 2.83. The molecule has 0 aliphatic carbocycles. The first-order valence-electron chi connectivity index (χ1n) is 7.49. The van der Waals surface area contributed by atoms with Crippen LogP contribution in [0.2, 0.25) is 0 Å². The zero-order chi connectivity index (χ0) is 15.6. The average Bonchev–Trinajstić information content (AvgIpc) is 3.28. The van der Waals surface area contributed by atoms with Crippen molar-refractivity contribution >= 4 is 32.4 Å². The topological polar surface area (TPSA) is 70.6 Å². The van der Waals surface area contributed by atoms with Crippen LogP contribution in [0, 0.1) is 0 Å². The summed E-state index contributed by atoms with van der Waals surface area (Å²) in [6.45, 7) is 1.96. The Balaban J connectivity index is 1.45. The quantitative estimate of drug-likeness (QED) is 0.741. The molecule has 4 rings (SSSR count). The molecule has 3 heterocycles. The van der Waals surface area contributed by atoms with Crippen molar-refractivity contribution in [2.75, 3.05) is 18.0 Å². The maximum absolute atomic E-state index is 4.80. The summed E-state index contributed by atoms with van der Waals surface area (Å²) < 4.78 is 1.08. The predicted octanol–water partition coefficient (Wildman–Crippen LogP) is 3.47. The Morgan fingerprint density at radius 2 is 1.96 bits per heavy atom. The van der Waals surface area contributed by atoms with Crippen molar-refractivity contribution in [1.82, 2.24) is 25.6 Å². The Morgan fingerprint density at radius 1 is 1.17 bits per heavy atom. The second kappa shape index (κ2) is 6.37. The third-order valence-electron chi connectivity index (χ3n) is 4.12. The lowest BCUT2D eigenvalue weighted by molar-refractivity contribution is 0.485. The first-order valence-corrected chi connectivity index (χ1v) is 9.16. The molecule has 8 heteroatoms. The van der Waals surface area contributed by atoms with Gasteiger partial charge in [0.2, 0.25) is 0 Å². The number of hydrogen-bond acceptors (Lipinski definition) is 6. The minimum absolute atomic E-state index is 0.399. The van der Waals surface area contributed by atoms with E-state index in [1.165, 1.54) is 0 Å². The van der Waals surface area contributed by atoms with Gasteiger partial charge in [0.1, 0.15) is 0 Å². The standard InChI is InChI=1S/C15H15BrN6S/c16-12-3-1-10(2-4-12)13-9-23-15(17-13)22-7-5-11(6-8-22)14-18-20-21-19-14/h1-4,9,11H,5-8H2,(H,18,19,20,21). The molecule has 1 fully saturated rings. The Labute approximate surface area is 146 Å². The highest BCUT2D eigenvalue weighted by molar-refractivity contribution is 9.10. The Kier molecular flexibility index (Phi) is 4.09. The van der Waals surface area contributed by atoms with E-state index in [9.17, 15) is 0 Å². The van der Waals surface area contributed by atoms with Crippen molar-refractivity contribution < 1.29 is 0 Å². The van der Waals surface area contributed by atoms with Crippen LogP contribution in [0.1, 0.15) is 24.6 Å². The highest BCUT2D eigenvalue weighted by atomic mass is 79.9. The van der Waals surface area contributed by atoms with Crippen molar-refractivity contribution in [3.63, 3.8) is 0 Å². The summed E-state index contributed by atoms with van der Waals surface area (Å²) in [6.07, 6.45) is 2.07. The summed E-state index contributed by atoms with van der Waals surface area (Å²) >= 11 is 5.17. The van der Waals surface area contributed by atoms with Gasteiger partial charge in [-0.15, -0.1) is 21.5 Å². The normalized spacial score (nSPS) is 16.0. The van der Waals surface area contributed by atoms with Crippen molar-refractivity contribution in [2.45, 2.75) is 18.8 Å². The van der Waals surface area contributed by atoms with E-state index >= 15 is 0 Å². The van der Waals surface area contributed by atoms with Crippen molar-refractivity contribution in [2.24, 2.45) is 0 Å². The Morgan fingerprint density at radius 3 is 2.65 bits per heavy atom. The molecular weight excluding hydrogens is 376 g/mol. The van der Waals surface area contributed by atoms with Gasteiger partial charge in [0.05, 0.1) is 5.69 Å². The number of thiazole rings is 1. The third-order valence-corrected chi connectivity index (χ3v) is 5.55. The number of aromatic amines is 1. The van der Waals surface area contributed by atoms with Gasteiger partial charge in [-0.1, -0.05) is 33.3 Å². The molecule has 0 spiro atoms. The van der Waals surface area contributed by atoms with Gasteiger partial charge in [0.15, 0.2) is 11.0 Å². The average molecular weight is 391 g/mol. The van der Waals surface area contributed by atoms with Gasteiger partial charge in [-0.3, -0.25) is 0 Å². The maximum Gasteiger partial charge on any atom is 0.185 e. The van der Waals surface area contributed by atoms with Crippen LogP contribution < -0.4 is 4.90 Å². The van der Waals surface area contributed by atoms with Crippen LogP contribution in [0.3, 0.4) is 0 Å². The molecule has 0 unspecified atom stereocenters. The molecule has 1 aliphatic heterocycles. The Hall–Kier alpha value is -1.80. The van der Waals surface area contributed by atoms with Crippen LogP contribution in [0.25, 0.3) is 11.3 Å². The van der Waals surface area contributed by atoms with Crippen LogP contribution in [-0.4, -0.2) is 38.7 Å². The Bertz CT molecular complexity index is 762. The number of piperidine rings is 1. The van der Waals surface area contributed by atoms with E-state index in [4.69, 9.17) is 4.98 Å². The molecule has 6 nitrogen and oxygen atoms in total. The summed E-state index contributed by atoms with van der Waals surface area (Å²) in [6, 6.07) is 8.27. The number of nitrogens with one attached hydrogen (secondary N) is 1. The van der Waals surface area contributed by atoms with E-state index in [0.717, 1.165) is 52.6 Å². The molecule has 1 N–H and O–H groups in total. The zero-order valence-corrected chi connectivity index (χ0v) is 14.7. The first-order chi connectivity index (χ1) is 11.3. The van der Waals surface area contributed by atoms with E-state index in [2.05, 4.69) is 59.0 Å². The number of H-pyrrole nitrogens is 1.